The van der Waals surface area contributed by atoms with Gasteiger partial charge in [0.2, 0.25) is 0 Å². The zero-order valence-electron chi connectivity index (χ0n) is 12.9. The van der Waals surface area contributed by atoms with E-state index in [1.165, 1.54) is 29.5 Å². The van der Waals surface area contributed by atoms with Crippen molar-refractivity contribution in [3.63, 3.8) is 0 Å². The Bertz CT molecular complexity index is 562. The number of nitrogens with one attached hydrogen (secondary N) is 1. The van der Waals surface area contributed by atoms with E-state index in [9.17, 15) is 0 Å². The maximum absolute atomic E-state index is 4.07. The Kier molecular flexibility index (Phi) is 4.35. The fourth-order valence-electron chi connectivity index (χ4n) is 3.29. The van der Waals surface area contributed by atoms with Gasteiger partial charge in [0.25, 0.3) is 0 Å². The second kappa shape index (κ2) is 6.40. The normalized spacial score (nSPS) is 24.6. The quantitative estimate of drug-likeness (QED) is 0.886. The maximum atomic E-state index is 4.07. The van der Waals surface area contributed by atoms with Gasteiger partial charge in [-0.25, -0.2) is 0 Å². The van der Waals surface area contributed by atoms with E-state index < -0.39 is 0 Å². The Labute approximate surface area is 127 Å². The number of benzene rings is 1. The summed E-state index contributed by atoms with van der Waals surface area (Å²) in [6.45, 7) is 5.74. The largest absolute Gasteiger partial charge is 0.314 e. The van der Waals surface area contributed by atoms with Crippen molar-refractivity contribution in [1.29, 1.82) is 0 Å². The van der Waals surface area contributed by atoms with Crippen LogP contribution in [0.1, 0.15) is 38.2 Å². The number of hydrogen-bond donors (Lipinski definition) is 1. The van der Waals surface area contributed by atoms with Crippen LogP contribution in [-0.2, 0) is 0 Å². The molecule has 0 amide bonds. The molecule has 1 aromatic carbocycles. The molecule has 1 aromatic heterocycles. The van der Waals surface area contributed by atoms with Gasteiger partial charge in [-0.15, -0.1) is 0 Å². The van der Waals surface area contributed by atoms with Crippen LogP contribution < -0.4 is 5.32 Å². The molecule has 1 fully saturated rings. The van der Waals surface area contributed by atoms with Gasteiger partial charge >= 0.3 is 0 Å². The predicted octanol–water partition coefficient (Wildman–Crippen LogP) is 4.24. The number of nitrogens with zero attached hydrogens (tertiary/aromatic N) is 1. The zero-order chi connectivity index (χ0) is 14.7. The summed E-state index contributed by atoms with van der Waals surface area (Å²) in [6, 6.07) is 13.9. The smallest absolute Gasteiger partial charge is 0.0273 e. The third-order valence-electron chi connectivity index (χ3n) is 4.79. The summed E-state index contributed by atoms with van der Waals surface area (Å²) < 4.78 is 0. The van der Waals surface area contributed by atoms with Crippen molar-refractivity contribution in [2.24, 2.45) is 5.92 Å². The van der Waals surface area contributed by atoms with E-state index in [0.717, 1.165) is 12.5 Å². The van der Waals surface area contributed by atoms with Crippen LogP contribution in [0, 0.1) is 5.92 Å². The fourth-order valence-corrected chi connectivity index (χ4v) is 3.29. The molecule has 2 heteroatoms. The predicted molar refractivity (Wildman–Crippen MR) is 88.3 cm³/mol. The van der Waals surface area contributed by atoms with Crippen molar-refractivity contribution in [2.75, 3.05) is 6.54 Å². The molecule has 3 atom stereocenters. The molecule has 0 radical (unpaired) electrons. The van der Waals surface area contributed by atoms with Crippen LogP contribution in [-0.4, -0.2) is 17.6 Å². The minimum atomic E-state index is 0.704. The molecule has 1 saturated carbocycles. The molecule has 0 bridgehead atoms. The highest BCUT2D eigenvalue weighted by molar-refractivity contribution is 5.63. The first-order chi connectivity index (χ1) is 10.3. The minimum Gasteiger partial charge on any atom is -0.314 e. The summed E-state index contributed by atoms with van der Waals surface area (Å²) in [5.41, 5.74) is 3.99. The highest BCUT2D eigenvalue weighted by Crippen LogP contribution is 2.42. The van der Waals surface area contributed by atoms with Gasteiger partial charge in [0.15, 0.2) is 0 Å². The average molecular weight is 280 g/mol. The summed E-state index contributed by atoms with van der Waals surface area (Å²) in [6.07, 6.45) is 6.19. The Hall–Kier alpha value is -1.67. The summed E-state index contributed by atoms with van der Waals surface area (Å²) in [5.74, 6) is 1.45. The van der Waals surface area contributed by atoms with Gasteiger partial charge in [-0.05, 0) is 60.0 Å². The molecule has 1 aliphatic rings. The lowest BCUT2D eigenvalue weighted by atomic mass is 9.67. The fraction of sp³-hybridized carbons (Fsp3) is 0.421. The van der Waals surface area contributed by atoms with Crippen molar-refractivity contribution in [2.45, 2.75) is 38.6 Å². The van der Waals surface area contributed by atoms with Crippen LogP contribution in [0.4, 0.5) is 0 Å². The molecule has 1 N–H and O–H groups in total. The second-order valence-electron chi connectivity index (χ2n) is 6.12. The van der Waals surface area contributed by atoms with E-state index >= 15 is 0 Å². The second-order valence-corrected chi connectivity index (χ2v) is 6.12. The minimum absolute atomic E-state index is 0.704. The van der Waals surface area contributed by atoms with Crippen LogP contribution in [0.5, 0.6) is 0 Å². The Morgan fingerprint density at radius 3 is 2.33 bits per heavy atom. The molecular formula is C19H24N2. The van der Waals surface area contributed by atoms with Crippen LogP contribution in [0.15, 0.2) is 48.8 Å². The molecule has 3 rings (SSSR count). The molecule has 0 spiro atoms. The molecule has 21 heavy (non-hydrogen) atoms. The first-order valence-electron chi connectivity index (χ1n) is 8.03. The van der Waals surface area contributed by atoms with Gasteiger partial charge in [-0.2, -0.15) is 0 Å². The van der Waals surface area contributed by atoms with Crippen molar-refractivity contribution in [3.05, 3.63) is 54.4 Å². The maximum Gasteiger partial charge on any atom is 0.0273 e. The molecule has 1 heterocycles. The lowest BCUT2D eigenvalue weighted by Crippen LogP contribution is -2.48. The van der Waals surface area contributed by atoms with E-state index in [4.69, 9.17) is 0 Å². The summed E-state index contributed by atoms with van der Waals surface area (Å²) in [4.78, 5) is 4.07. The number of pyridine rings is 1. The first-order valence-corrected chi connectivity index (χ1v) is 8.03. The summed E-state index contributed by atoms with van der Waals surface area (Å²) >= 11 is 0. The van der Waals surface area contributed by atoms with E-state index in [2.05, 4.69) is 60.5 Å². The SMILES string of the molecule is CCCNC1CC(c2ccc(-c3ccncc3)cc2)C1C. The molecular weight excluding hydrogens is 256 g/mol. The van der Waals surface area contributed by atoms with E-state index in [1.54, 1.807) is 0 Å². The highest BCUT2D eigenvalue weighted by Gasteiger charge is 2.37. The lowest BCUT2D eigenvalue weighted by Gasteiger charge is -2.44. The molecule has 1 aliphatic carbocycles. The molecule has 2 nitrogen and oxygen atoms in total. The standard InChI is InChI=1S/C19H24N2/c1-3-10-21-19-13-18(14(19)2)17-6-4-15(5-7-17)16-8-11-20-12-9-16/h4-9,11-12,14,18-19,21H,3,10,13H2,1-2H3. The topological polar surface area (TPSA) is 24.9 Å². The van der Waals surface area contributed by atoms with Gasteiger partial charge in [0.1, 0.15) is 0 Å². The van der Waals surface area contributed by atoms with Crippen molar-refractivity contribution in [3.8, 4) is 11.1 Å². The number of rotatable bonds is 5. The van der Waals surface area contributed by atoms with Gasteiger partial charge in [0.05, 0.1) is 0 Å². The lowest BCUT2D eigenvalue weighted by molar-refractivity contribution is 0.185. The monoisotopic (exact) mass is 280 g/mol. The third kappa shape index (κ3) is 3.01. The van der Waals surface area contributed by atoms with E-state index in [0.29, 0.717) is 12.0 Å². The van der Waals surface area contributed by atoms with Crippen LogP contribution in [0.3, 0.4) is 0 Å². The van der Waals surface area contributed by atoms with Gasteiger partial charge < -0.3 is 5.32 Å². The molecule has 3 unspecified atom stereocenters. The Morgan fingerprint density at radius 2 is 1.71 bits per heavy atom. The highest BCUT2D eigenvalue weighted by atomic mass is 14.9. The van der Waals surface area contributed by atoms with E-state index in [-0.39, 0.29) is 0 Å². The van der Waals surface area contributed by atoms with E-state index in [1.807, 2.05) is 12.4 Å². The number of hydrogen-bond acceptors (Lipinski definition) is 2. The average Bonchev–Trinajstić information content (AvgIpc) is 2.55. The van der Waals surface area contributed by atoms with Gasteiger partial charge in [-0.1, -0.05) is 38.1 Å². The van der Waals surface area contributed by atoms with Crippen molar-refractivity contribution in [1.82, 2.24) is 10.3 Å². The Morgan fingerprint density at radius 1 is 1.05 bits per heavy atom. The molecule has 0 saturated heterocycles. The first kappa shape index (κ1) is 14.3. The molecule has 2 aromatic rings. The molecule has 0 aliphatic heterocycles. The molecule has 110 valence electrons. The van der Waals surface area contributed by atoms with Crippen molar-refractivity contribution < 1.29 is 0 Å². The summed E-state index contributed by atoms with van der Waals surface area (Å²) in [7, 11) is 0. The van der Waals surface area contributed by atoms with Crippen LogP contribution in [0.25, 0.3) is 11.1 Å². The van der Waals surface area contributed by atoms with Crippen molar-refractivity contribution >= 4 is 0 Å². The summed E-state index contributed by atoms with van der Waals surface area (Å²) in [5, 5.41) is 3.65. The third-order valence-corrected chi connectivity index (χ3v) is 4.79. The zero-order valence-corrected chi connectivity index (χ0v) is 12.9. The van der Waals surface area contributed by atoms with Gasteiger partial charge in [0, 0.05) is 18.4 Å². The number of aromatic nitrogens is 1. The van der Waals surface area contributed by atoms with Gasteiger partial charge in [-0.3, -0.25) is 4.98 Å². The van der Waals surface area contributed by atoms with Crippen LogP contribution >= 0.6 is 0 Å². The van der Waals surface area contributed by atoms with Crippen LogP contribution in [0.2, 0.25) is 0 Å². The Balaban J connectivity index is 1.66.